The molecule has 1 aliphatic rings. The maximum absolute atomic E-state index is 12.3. The Morgan fingerprint density at radius 3 is 2.88 bits per heavy atom. The van der Waals surface area contributed by atoms with E-state index in [4.69, 9.17) is 4.74 Å². The minimum atomic E-state index is -0.0882. The van der Waals surface area contributed by atoms with Crippen LogP contribution in [-0.2, 0) is 11.2 Å². The average molecular weight is 351 g/mol. The number of aromatic nitrogens is 2. The number of hydrogen-bond donors (Lipinski definition) is 2. The second-order valence-electron chi connectivity index (χ2n) is 6.74. The van der Waals surface area contributed by atoms with Crippen LogP contribution in [0.4, 0.5) is 0 Å². The number of pyridine rings is 2. The van der Waals surface area contributed by atoms with E-state index in [1.165, 1.54) is 0 Å². The van der Waals surface area contributed by atoms with Crippen molar-refractivity contribution in [1.29, 1.82) is 0 Å². The third-order valence-electron chi connectivity index (χ3n) is 4.86. The Kier molecular flexibility index (Phi) is 4.32. The molecule has 4 rings (SSSR count). The third kappa shape index (κ3) is 3.03. The summed E-state index contributed by atoms with van der Waals surface area (Å²) in [6, 6.07) is 5.80. The van der Waals surface area contributed by atoms with Crippen molar-refractivity contribution in [3.63, 3.8) is 0 Å². The van der Waals surface area contributed by atoms with Gasteiger partial charge in [0, 0.05) is 29.6 Å². The van der Waals surface area contributed by atoms with Crippen LogP contribution in [0.5, 0.6) is 5.88 Å². The van der Waals surface area contributed by atoms with Gasteiger partial charge in [-0.2, -0.15) is 0 Å². The number of fused-ring (bicyclic) bond motifs is 2. The van der Waals surface area contributed by atoms with E-state index in [0.717, 1.165) is 41.0 Å². The van der Waals surface area contributed by atoms with E-state index in [9.17, 15) is 9.59 Å². The predicted octanol–water partition coefficient (Wildman–Crippen LogP) is 2.69. The van der Waals surface area contributed by atoms with Crippen LogP contribution in [0.15, 0.2) is 35.4 Å². The number of rotatable bonds is 5. The number of amides is 1. The minimum absolute atomic E-state index is 0.0264. The van der Waals surface area contributed by atoms with Gasteiger partial charge in [0.15, 0.2) is 0 Å². The first-order chi connectivity index (χ1) is 12.7. The van der Waals surface area contributed by atoms with Gasteiger partial charge in [-0.1, -0.05) is 13.3 Å². The Hall–Kier alpha value is -2.89. The van der Waals surface area contributed by atoms with Crippen LogP contribution in [0.2, 0.25) is 0 Å². The summed E-state index contributed by atoms with van der Waals surface area (Å²) in [6.45, 7) is 2.51. The summed E-state index contributed by atoms with van der Waals surface area (Å²) >= 11 is 0. The van der Waals surface area contributed by atoms with Gasteiger partial charge < -0.3 is 15.0 Å². The van der Waals surface area contributed by atoms with Gasteiger partial charge in [-0.15, -0.1) is 0 Å². The summed E-state index contributed by atoms with van der Waals surface area (Å²) in [5.74, 6) is 0.604. The molecule has 0 saturated carbocycles. The van der Waals surface area contributed by atoms with Crippen molar-refractivity contribution in [2.24, 2.45) is 0 Å². The van der Waals surface area contributed by atoms with Gasteiger partial charge in [0.1, 0.15) is 6.61 Å². The van der Waals surface area contributed by atoms with Gasteiger partial charge in [0.05, 0.1) is 6.04 Å². The fourth-order valence-corrected chi connectivity index (χ4v) is 3.53. The zero-order valence-electron chi connectivity index (χ0n) is 14.7. The number of benzene rings is 1. The van der Waals surface area contributed by atoms with Gasteiger partial charge >= 0.3 is 0 Å². The van der Waals surface area contributed by atoms with Crippen molar-refractivity contribution in [2.75, 3.05) is 6.61 Å². The maximum atomic E-state index is 12.3. The fourth-order valence-electron chi connectivity index (χ4n) is 3.53. The molecule has 2 N–H and O–H groups in total. The lowest BCUT2D eigenvalue weighted by Crippen LogP contribution is -2.31. The number of nitrogens with one attached hydrogen (secondary N) is 2. The summed E-state index contributed by atoms with van der Waals surface area (Å²) < 4.78 is 5.92. The molecule has 0 unspecified atom stereocenters. The SMILES string of the molecule is CCCc1c[nH]c(=O)c2cc3ccnc(OC[C@@H]4CCC(=O)N4)c3cc12. The molecular formula is C20H21N3O3. The number of aromatic amines is 1. The average Bonchev–Trinajstić information content (AvgIpc) is 3.06. The molecule has 0 aliphatic carbocycles. The number of carbonyl (C=O) groups excluding carboxylic acids is 1. The highest BCUT2D eigenvalue weighted by atomic mass is 16.5. The molecule has 1 aliphatic heterocycles. The maximum Gasteiger partial charge on any atom is 0.255 e. The molecule has 1 aromatic carbocycles. The number of aryl methyl sites for hydroxylation is 1. The molecule has 134 valence electrons. The first kappa shape index (κ1) is 16.6. The highest BCUT2D eigenvalue weighted by Crippen LogP contribution is 2.29. The molecule has 2 aromatic heterocycles. The summed E-state index contributed by atoms with van der Waals surface area (Å²) in [4.78, 5) is 30.8. The number of ether oxygens (including phenoxy) is 1. The molecule has 1 fully saturated rings. The number of carbonyl (C=O) groups is 1. The van der Waals surface area contributed by atoms with Crippen molar-refractivity contribution >= 4 is 27.5 Å². The Bertz CT molecular complexity index is 1040. The van der Waals surface area contributed by atoms with Crippen LogP contribution in [-0.4, -0.2) is 28.5 Å². The van der Waals surface area contributed by atoms with E-state index in [0.29, 0.717) is 24.3 Å². The predicted molar refractivity (Wildman–Crippen MR) is 101 cm³/mol. The second-order valence-corrected chi connectivity index (χ2v) is 6.74. The molecule has 3 heterocycles. The second kappa shape index (κ2) is 6.78. The molecule has 0 spiro atoms. The number of H-pyrrole nitrogens is 1. The van der Waals surface area contributed by atoms with Crippen molar-refractivity contribution in [1.82, 2.24) is 15.3 Å². The Labute approximate surface area is 150 Å². The van der Waals surface area contributed by atoms with Crippen LogP contribution in [0, 0.1) is 0 Å². The van der Waals surface area contributed by atoms with Crippen LogP contribution >= 0.6 is 0 Å². The zero-order chi connectivity index (χ0) is 18.1. The quantitative estimate of drug-likeness (QED) is 0.692. The summed E-state index contributed by atoms with van der Waals surface area (Å²) in [5, 5.41) is 6.32. The molecule has 1 atom stereocenters. The first-order valence-electron chi connectivity index (χ1n) is 9.01. The number of hydrogen-bond acceptors (Lipinski definition) is 4. The van der Waals surface area contributed by atoms with E-state index < -0.39 is 0 Å². The minimum Gasteiger partial charge on any atom is -0.475 e. The molecule has 1 amide bonds. The van der Waals surface area contributed by atoms with Gasteiger partial charge in [-0.25, -0.2) is 4.98 Å². The monoisotopic (exact) mass is 351 g/mol. The Balaban J connectivity index is 1.76. The highest BCUT2D eigenvalue weighted by Gasteiger charge is 2.21. The summed E-state index contributed by atoms with van der Waals surface area (Å²) in [7, 11) is 0. The number of nitrogens with zero attached hydrogens (tertiary/aromatic N) is 1. The van der Waals surface area contributed by atoms with Crippen molar-refractivity contribution < 1.29 is 9.53 Å². The fraction of sp³-hybridized carbons (Fsp3) is 0.350. The lowest BCUT2D eigenvalue weighted by Gasteiger charge is -2.13. The van der Waals surface area contributed by atoms with E-state index in [-0.39, 0.29) is 17.5 Å². The molecule has 26 heavy (non-hydrogen) atoms. The van der Waals surface area contributed by atoms with E-state index in [1.54, 1.807) is 12.4 Å². The van der Waals surface area contributed by atoms with E-state index in [1.807, 2.05) is 18.2 Å². The lowest BCUT2D eigenvalue weighted by atomic mass is 10.0. The zero-order valence-corrected chi connectivity index (χ0v) is 14.7. The standard InChI is InChI=1S/C20H21N3O3/c1-2-3-13-10-22-19(25)17-8-12-6-7-21-20(16(12)9-15(13)17)26-11-14-4-5-18(24)23-14/h6-10,14H,2-5,11H2,1H3,(H,22,25)(H,23,24)/t14-/m0/s1. The smallest absolute Gasteiger partial charge is 0.255 e. The van der Waals surface area contributed by atoms with E-state index in [2.05, 4.69) is 22.2 Å². The van der Waals surface area contributed by atoms with Crippen molar-refractivity contribution in [2.45, 2.75) is 38.6 Å². The van der Waals surface area contributed by atoms with Gasteiger partial charge in [-0.05, 0) is 47.4 Å². The van der Waals surface area contributed by atoms with Crippen LogP contribution in [0.1, 0.15) is 31.7 Å². The Morgan fingerprint density at radius 1 is 1.23 bits per heavy atom. The van der Waals surface area contributed by atoms with Crippen molar-refractivity contribution in [3.05, 3.63) is 46.5 Å². The molecular weight excluding hydrogens is 330 g/mol. The van der Waals surface area contributed by atoms with Crippen LogP contribution in [0.3, 0.4) is 0 Å². The summed E-state index contributed by atoms with van der Waals surface area (Å²) in [6.07, 6.45) is 6.69. The van der Waals surface area contributed by atoms with Gasteiger partial charge in [-0.3, -0.25) is 9.59 Å². The lowest BCUT2D eigenvalue weighted by molar-refractivity contribution is -0.119. The molecule has 6 heteroatoms. The molecule has 3 aromatic rings. The molecule has 1 saturated heterocycles. The summed E-state index contributed by atoms with van der Waals surface area (Å²) in [5.41, 5.74) is 1.02. The van der Waals surface area contributed by atoms with Gasteiger partial charge in [0.25, 0.3) is 5.56 Å². The van der Waals surface area contributed by atoms with Crippen LogP contribution in [0.25, 0.3) is 21.5 Å². The van der Waals surface area contributed by atoms with Crippen LogP contribution < -0.4 is 15.6 Å². The normalized spacial score (nSPS) is 17.0. The largest absolute Gasteiger partial charge is 0.475 e. The topological polar surface area (TPSA) is 84.1 Å². The van der Waals surface area contributed by atoms with Crippen molar-refractivity contribution in [3.8, 4) is 5.88 Å². The Morgan fingerprint density at radius 2 is 2.12 bits per heavy atom. The molecule has 6 nitrogen and oxygen atoms in total. The first-order valence-corrected chi connectivity index (χ1v) is 9.01. The van der Waals surface area contributed by atoms with Gasteiger partial charge in [0.2, 0.25) is 11.8 Å². The highest BCUT2D eigenvalue weighted by molar-refractivity contribution is 6.01. The third-order valence-corrected chi connectivity index (χ3v) is 4.86. The molecule has 0 bridgehead atoms. The molecule has 0 radical (unpaired) electrons. The van der Waals surface area contributed by atoms with E-state index >= 15 is 0 Å².